The summed E-state index contributed by atoms with van der Waals surface area (Å²) in [6.07, 6.45) is 5.30. The van der Waals surface area contributed by atoms with Gasteiger partial charge in [0.05, 0.1) is 0 Å². The number of nitrogens with zero attached hydrogens (tertiary/aromatic N) is 1. The minimum atomic E-state index is -0.0314. The zero-order valence-electron chi connectivity index (χ0n) is 11.9. The van der Waals surface area contributed by atoms with Crippen LogP contribution in [0.1, 0.15) is 15.9 Å². The van der Waals surface area contributed by atoms with E-state index in [2.05, 4.69) is 6.58 Å². The van der Waals surface area contributed by atoms with Crippen molar-refractivity contribution in [2.75, 3.05) is 0 Å². The maximum atomic E-state index is 12.8. The molecule has 0 radical (unpaired) electrons. The Morgan fingerprint density at radius 3 is 2.32 bits per heavy atom. The van der Waals surface area contributed by atoms with E-state index < -0.39 is 0 Å². The maximum Gasteiger partial charge on any atom is 0.195 e. The van der Waals surface area contributed by atoms with Crippen molar-refractivity contribution in [1.82, 2.24) is 4.57 Å². The molecule has 3 heteroatoms. The van der Waals surface area contributed by atoms with E-state index in [9.17, 15) is 4.79 Å². The van der Waals surface area contributed by atoms with E-state index in [4.69, 9.17) is 11.6 Å². The monoisotopic (exact) mass is 307 g/mol. The zero-order chi connectivity index (χ0) is 15.5. The number of hydrogen-bond acceptors (Lipinski definition) is 1. The first-order valence-electron chi connectivity index (χ1n) is 6.89. The minimum absolute atomic E-state index is 0.0314. The van der Waals surface area contributed by atoms with Gasteiger partial charge in [0.1, 0.15) is 0 Å². The molecule has 0 saturated carbocycles. The molecule has 1 heterocycles. The minimum Gasteiger partial charge on any atom is -0.330 e. The van der Waals surface area contributed by atoms with Crippen molar-refractivity contribution >= 4 is 23.6 Å². The summed E-state index contributed by atoms with van der Waals surface area (Å²) in [6.45, 7) is 3.75. The van der Waals surface area contributed by atoms with Crippen molar-refractivity contribution < 1.29 is 4.79 Å². The van der Waals surface area contributed by atoms with E-state index in [-0.39, 0.29) is 5.78 Å². The first-order chi connectivity index (χ1) is 10.7. The fraction of sp³-hybridized carbons (Fsp3) is 0. The molecular formula is C19H14ClNO. The van der Waals surface area contributed by atoms with E-state index in [0.29, 0.717) is 16.1 Å². The van der Waals surface area contributed by atoms with Gasteiger partial charge in [0.15, 0.2) is 5.78 Å². The number of halogens is 1. The molecule has 0 aliphatic heterocycles. The highest BCUT2D eigenvalue weighted by Crippen LogP contribution is 2.32. The summed E-state index contributed by atoms with van der Waals surface area (Å²) in [5.74, 6) is -0.0314. The summed E-state index contributed by atoms with van der Waals surface area (Å²) < 4.78 is 1.77. The molecule has 3 rings (SSSR count). The Hall–Kier alpha value is -2.58. The topological polar surface area (TPSA) is 22.0 Å². The van der Waals surface area contributed by atoms with Crippen LogP contribution in [0.3, 0.4) is 0 Å². The van der Waals surface area contributed by atoms with Crippen molar-refractivity contribution in [3.05, 3.63) is 89.7 Å². The normalized spacial score (nSPS) is 10.4. The summed E-state index contributed by atoms with van der Waals surface area (Å²) in [5.41, 5.74) is 2.90. The average molecular weight is 308 g/mol. The Balaban J connectivity index is 2.16. The molecule has 0 atom stereocenters. The third-order valence-corrected chi connectivity index (χ3v) is 3.83. The lowest BCUT2D eigenvalue weighted by Crippen LogP contribution is -2.01. The summed E-state index contributed by atoms with van der Waals surface area (Å²) >= 11 is 6.29. The number of carbonyl (C=O) groups excluding carboxylic acids is 1. The number of ketones is 1. The number of hydrogen-bond donors (Lipinski definition) is 0. The Kier molecular flexibility index (Phi) is 3.94. The second-order valence-electron chi connectivity index (χ2n) is 4.89. The lowest BCUT2D eigenvalue weighted by molar-refractivity contribution is 0.103. The van der Waals surface area contributed by atoms with E-state index in [0.717, 1.165) is 11.1 Å². The van der Waals surface area contributed by atoms with Crippen LogP contribution in [0.4, 0.5) is 0 Å². The van der Waals surface area contributed by atoms with Gasteiger partial charge >= 0.3 is 0 Å². The SMILES string of the molecule is C=Cn1cc(C(=O)c2ccccc2)c(-c2ccccc2Cl)c1. The van der Waals surface area contributed by atoms with Gasteiger partial charge in [-0.1, -0.05) is 66.7 Å². The maximum absolute atomic E-state index is 12.8. The van der Waals surface area contributed by atoms with Crippen LogP contribution in [-0.4, -0.2) is 10.4 Å². The predicted octanol–water partition coefficient (Wildman–Crippen LogP) is 5.14. The first-order valence-corrected chi connectivity index (χ1v) is 7.27. The smallest absolute Gasteiger partial charge is 0.195 e. The highest BCUT2D eigenvalue weighted by Gasteiger charge is 2.18. The van der Waals surface area contributed by atoms with Crippen molar-refractivity contribution in [2.45, 2.75) is 0 Å². The fourth-order valence-electron chi connectivity index (χ4n) is 2.40. The predicted molar refractivity (Wildman–Crippen MR) is 91.1 cm³/mol. The molecule has 0 N–H and O–H groups in total. The molecule has 0 fully saturated rings. The number of benzene rings is 2. The van der Waals surface area contributed by atoms with Gasteiger partial charge in [-0.05, 0) is 6.07 Å². The molecule has 0 bridgehead atoms. The highest BCUT2D eigenvalue weighted by atomic mass is 35.5. The molecule has 0 amide bonds. The fourth-order valence-corrected chi connectivity index (χ4v) is 2.64. The van der Waals surface area contributed by atoms with Crippen molar-refractivity contribution in [3.8, 4) is 11.1 Å². The molecule has 0 aliphatic carbocycles. The third kappa shape index (κ3) is 2.61. The molecular weight excluding hydrogens is 294 g/mol. The molecule has 0 aliphatic rings. The highest BCUT2D eigenvalue weighted by molar-refractivity contribution is 6.33. The summed E-state index contributed by atoms with van der Waals surface area (Å²) in [5, 5.41) is 0.617. The van der Waals surface area contributed by atoms with Gasteiger partial charge in [-0.2, -0.15) is 0 Å². The molecule has 1 aromatic heterocycles. The van der Waals surface area contributed by atoms with Crippen LogP contribution in [0.5, 0.6) is 0 Å². The Morgan fingerprint density at radius 1 is 0.955 bits per heavy atom. The second kappa shape index (κ2) is 6.04. The lowest BCUT2D eigenvalue weighted by Gasteiger charge is -2.05. The van der Waals surface area contributed by atoms with Crippen LogP contribution in [0, 0.1) is 0 Å². The molecule has 2 nitrogen and oxygen atoms in total. The van der Waals surface area contributed by atoms with Gasteiger partial charge in [0, 0.05) is 45.9 Å². The summed E-state index contributed by atoms with van der Waals surface area (Å²) in [6, 6.07) is 16.7. The second-order valence-corrected chi connectivity index (χ2v) is 5.30. The lowest BCUT2D eigenvalue weighted by atomic mass is 9.98. The average Bonchev–Trinajstić information content (AvgIpc) is 2.99. The van der Waals surface area contributed by atoms with Crippen molar-refractivity contribution in [3.63, 3.8) is 0 Å². The van der Waals surface area contributed by atoms with Gasteiger partial charge in [0.2, 0.25) is 0 Å². The van der Waals surface area contributed by atoms with E-state index in [1.165, 1.54) is 0 Å². The summed E-state index contributed by atoms with van der Waals surface area (Å²) in [7, 11) is 0. The van der Waals surface area contributed by atoms with E-state index in [1.54, 1.807) is 17.0 Å². The van der Waals surface area contributed by atoms with Crippen LogP contribution in [0.2, 0.25) is 5.02 Å². The van der Waals surface area contributed by atoms with Gasteiger partial charge in [0.25, 0.3) is 0 Å². The Bertz CT molecular complexity index is 834. The van der Waals surface area contributed by atoms with Crippen LogP contribution in [0.25, 0.3) is 17.3 Å². The van der Waals surface area contributed by atoms with Crippen LogP contribution in [-0.2, 0) is 0 Å². The molecule has 2 aromatic carbocycles. The Labute approximate surface area is 134 Å². The van der Waals surface area contributed by atoms with E-state index >= 15 is 0 Å². The van der Waals surface area contributed by atoms with E-state index in [1.807, 2.05) is 60.8 Å². The van der Waals surface area contributed by atoms with Gasteiger partial charge < -0.3 is 4.57 Å². The van der Waals surface area contributed by atoms with Crippen molar-refractivity contribution in [1.29, 1.82) is 0 Å². The molecule has 0 spiro atoms. The first kappa shape index (κ1) is 14.4. The number of aromatic nitrogens is 1. The van der Waals surface area contributed by atoms with Gasteiger partial charge in [-0.25, -0.2) is 0 Å². The Morgan fingerprint density at radius 2 is 1.64 bits per heavy atom. The molecule has 0 saturated heterocycles. The van der Waals surface area contributed by atoms with Crippen molar-refractivity contribution in [2.24, 2.45) is 0 Å². The third-order valence-electron chi connectivity index (χ3n) is 3.50. The number of rotatable bonds is 4. The quantitative estimate of drug-likeness (QED) is 0.612. The van der Waals surface area contributed by atoms with Crippen LogP contribution >= 0.6 is 11.6 Å². The molecule has 22 heavy (non-hydrogen) atoms. The van der Waals surface area contributed by atoms with Crippen LogP contribution < -0.4 is 0 Å². The largest absolute Gasteiger partial charge is 0.330 e. The van der Waals surface area contributed by atoms with Gasteiger partial charge in [-0.3, -0.25) is 4.79 Å². The zero-order valence-corrected chi connectivity index (χ0v) is 12.6. The molecule has 108 valence electrons. The standard InChI is InChI=1S/C19H14ClNO/c1-2-21-12-16(15-10-6-7-11-18(15)20)17(13-21)19(22)14-8-4-3-5-9-14/h2-13H,1H2. The molecule has 3 aromatic rings. The summed E-state index contributed by atoms with van der Waals surface area (Å²) in [4.78, 5) is 12.8. The number of carbonyl (C=O) groups is 1. The van der Waals surface area contributed by atoms with Gasteiger partial charge in [-0.15, -0.1) is 0 Å². The van der Waals surface area contributed by atoms with Crippen LogP contribution in [0.15, 0.2) is 73.6 Å². The molecule has 0 unspecified atom stereocenters.